The van der Waals surface area contributed by atoms with E-state index in [1.54, 1.807) is 12.1 Å². The highest BCUT2D eigenvalue weighted by Crippen LogP contribution is 2.30. The highest BCUT2D eigenvalue weighted by Gasteiger charge is 2.19. The van der Waals surface area contributed by atoms with Crippen molar-refractivity contribution in [3.63, 3.8) is 0 Å². The predicted molar refractivity (Wildman–Crippen MR) is 92.3 cm³/mol. The third kappa shape index (κ3) is 3.33. The molecule has 0 unspecified atom stereocenters. The standard InChI is InChI=1S/C15H14Cl3N3O2/c16-11-7-9(21-15(23)14(18)12(17)8-19-21)1-2-13(11)20-5-3-10(22)4-6-20/h1-2,7-8,10,22H,3-6H2. The van der Waals surface area contributed by atoms with E-state index < -0.39 is 5.56 Å². The minimum Gasteiger partial charge on any atom is -0.393 e. The highest BCUT2D eigenvalue weighted by molar-refractivity contribution is 6.41. The van der Waals surface area contributed by atoms with Gasteiger partial charge in [-0.15, -0.1) is 0 Å². The molecule has 1 aromatic heterocycles. The van der Waals surface area contributed by atoms with E-state index >= 15 is 0 Å². The van der Waals surface area contributed by atoms with Gasteiger partial charge in [-0.2, -0.15) is 9.78 Å². The molecule has 23 heavy (non-hydrogen) atoms. The Morgan fingerprint density at radius 1 is 1.13 bits per heavy atom. The van der Waals surface area contributed by atoms with E-state index in [1.807, 2.05) is 6.07 Å². The summed E-state index contributed by atoms with van der Waals surface area (Å²) in [6.07, 6.45) is 2.50. The van der Waals surface area contributed by atoms with E-state index in [1.165, 1.54) is 6.20 Å². The Morgan fingerprint density at radius 2 is 1.83 bits per heavy atom. The molecule has 5 nitrogen and oxygen atoms in total. The molecular formula is C15H14Cl3N3O2. The Balaban J connectivity index is 1.94. The Morgan fingerprint density at radius 3 is 2.48 bits per heavy atom. The van der Waals surface area contributed by atoms with E-state index in [4.69, 9.17) is 34.8 Å². The molecule has 8 heteroatoms. The largest absolute Gasteiger partial charge is 0.393 e. The molecule has 0 atom stereocenters. The quantitative estimate of drug-likeness (QED) is 0.877. The topological polar surface area (TPSA) is 58.4 Å². The smallest absolute Gasteiger partial charge is 0.291 e. The molecule has 2 heterocycles. The van der Waals surface area contributed by atoms with Gasteiger partial charge in [0.1, 0.15) is 5.02 Å². The van der Waals surface area contributed by atoms with E-state index in [2.05, 4.69) is 10.00 Å². The zero-order valence-electron chi connectivity index (χ0n) is 12.0. The van der Waals surface area contributed by atoms with Gasteiger partial charge in [-0.3, -0.25) is 4.79 Å². The van der Waals surface area contributed by atoms with E-state index in [0.717, 1.165) is 23.5 Å². The SMILES string of the molecule is O=c1c(Cl)c(Cl)cnn1-c1ccc(N2CCC(O)CC2)c(Cl)c1. The first-order valence-corrected chi connectivity index (χ1v) is 8.27. The number of rotatable bonds is 2. The summed E-state index contributed by atoms with van der Waals surface area (Å²) in [6, 6.07) is 5.26. The third-order valence-corrected chi connectivity index (χ3v) is 4.91. The number of aliphatic hydroxyl groups is 1. The van der Waals surface area contributed by atoms with Gasteiger partial charge in [-0.25, -0.2) is 0 Å². The highest BCUT2D eigenvalue weighted by atomic mass is 35.5. The molecule has 1 saturated heterocycles. The predicted octanol–water partition coefficient (Wildman–Crippen LogP) is 3.15. The van der Waals surface area contributed by atoms with Gasteiger partial charge >= 0.3 is 0 Å². The van der Waals surface area contributed by atoms with Gasteiger partial charge in [-0.1, -0.05) is 34.8 Å². The second-order valence-electron chi connectivity index (χ2n) is 5.38. The minimum absolute atomic E-state index is 0.0770. The number of halogens is 3. The van der Waals surface area contributed by atoms with Crippen LogP contribution in [0.25, 0.3) is 5.69 Å². The van der Waals surface area contributed by atoms with Crippen molar-refractivity contribution in [2.45, 2.75) is 18.9 Å². The molecule has 0 bridgehead atoms. The number of nitrogens with zero attached hydrogens (tertiary/aromatic N) is 3. The van der Waals surface area contributed by atoms with Gasteiger partial charge in [0.25, 0.3) is 5.56 Å². The van der Waals surface area contributed by atoms with Crippen LogP contribution in [0.15, 0.2) is 29.2 Å². The number of hydrogen-bond donors (Lipinski definition) is 1. The minimum atomic E-state index is -0.496. The average molecular weight is 375 g/mol. The summed E-state index contributed by atoms with van der Waals surface area (Å²) in [5.74, 6) is 0. The molecule has 1 aromatic carbocycles. The summed E-state index contributed by atoms with van der Waals surface area (Å²) in [5.41, 5.74) is 0.888. The molecule has 1 fully saturated rings. The molecule has 0 saturated carbocycles. The van der Waals surface area contributed by atoms with Crippen LogP contribution in [0.1, 0.15) is 12.8 Å². The number of piperidine rings is 1. The monoisotopic (exact) mass is 373 g/mol. The molecule has 1 N–H and O–H groups in total. The third-order valence-electron chi connectivity index (χ3n) is 3.86. The number of hydrogen-bond acceptors (Lipinski definition) is 4. The van der Waals surface area contributed by atoms with Crippen LogP contribution in [-0.2, 0) is 0 Å². The maximum atomic E-state index is 12.1. The van der Waals surface area contributed by atoms with Crippen molar-refractivity contribution in [1.29, 1.82) is 0 Å². The van der Waals surface area contributed by atoms with Crippen LogP contribution in [0, 0.1) is 0 Å². The Labute approximate surface area is 148 Å². The van der Waals surface area contributed by atoms with Crippen molar-refractivity contribution in [2.75, 3.05) is 18.0 Å². The summed E-state index contributed by atoms with van der Waals surface area (Å²) in [6.45, 7) is 1.48. The van der Waals surface area contributed by atoms with Crippen LogP contribution in [-0.4, -0.2) is 34.1 Å². The first kappa shape index (κ1) is 16.6. The zero-order chi connectivity index (χ0) is 16.6. The Bertz CT molecular complexity index is 786. The summed E-state index contributed by atoms with van der Waals surface area (Å²) in [5, 5.41) is 14.1. The number of aliphatic hydroxyl groups excluding tert-OH is 1. The molecule has 0 amide bonds. The fourth-order valence-corrected chi connectivity index (χ4v) is 3.13. The maximum Gasteiger partial charge on any atom is 0.291 e. The van der Waals surface area contributed by atoms with Gasteiger partial charge < -0.3 is 10.0 Å². The lowest BCUT2D eigenvalue weighted by Crippen LogP contribution is -2.36. The van der Waals surface area contributed by atoms with Gasteiger partial charge in [0.05, 0.1) is 33.7 Å². The Kier molecular flexibility index (Phi) is 4.82. The summed E-state index contributed by atoms with van der Waals surface area (Å²) in [7, 11) is 0. The fraction of sp³-hybridized carbons (Fsp3) is 0.333. The van der Waals surface area contributed by atoms with Crippen LogP contribution < -0.4 is 10.5 Å². The first-order valence-electron chi connectivity index (χ1n) is 7.13. The van der Waals surface area contributed by atoms with E-state index in [9.17, 15) is 9.90 Å². The zero-order valence-corrected chi connectivity index (χ0v) is 14.3. The lowest BCUT2D eigenvalue weighted by Gasteiger charge is -2.32. The van der Waals surface area contributed by atoms with Crippen LogP contribution in [0.5, 0.6) is 0 Å². The molecule has 0 radical (unpaired) electrons. The summed E-state index contributed by atoms with van der Waals surface area (Å²) >= 11 is 18.0. The molecule has 3 rings (SSSR count). The molecule has 1 aliphatic rings. The number of benzene rings is 1. The van der Waals surface area contributed by atoms with Crippen LogP contribution >= 0.6 is 34.8 Å². The lowest BCUT2D eigenvalue weighted by atomic mass is 10.1. The number of aromatic nitrogens is 2. The van der Waals surface area contributed by atoms with Crippen molar-refractivity contribution in [3.8, 4) is 5.69 Å². The van der Waals surface area contributed by atoms with Crippen LogP contribution in [0.3, 0.4) is 0 Å². The van der Waals surface area contributed by atoms with Crippen molar-refractivity contribution >= 4 is 40.5 Å². The van der Waals surface area contributed by atoms with Crippen molar-refractivity contribution < 1.29 is 5.11 Å². The molecular weight excluding hydrogens is 361 g/mol. The molecule has 122 valence electrons. The lowest BCUT2D eigenvalue weighted by molar-refractivity contribution is 0.145. The van der Waals surface area contributed by atoms with Crippen molar-refractivity contribution in [3.05, 3.63) is 49.8 Å². The number of anilines is 1. The molecule has 0 aliphatic carbocycles. The molecule has 1 aliphatic heterocycles. The van der Waals surface area contributed by atoms with Gasteiger partial charge in [0, 0.05) is 13.1 Å². The maximum absolute atomic E-state index is 12.1. The van der Waals surface area contributed by atoms with Crippen molar-refractivity contribution in [1.82, 2.24) is 9.78 Å². The second-order valence-corrected chi connectivity index (χ2v) is 6.57. The van der Waals surface area contributed by atoms with Gasteiger partial charge in [0.2, 0.25) is 0 Å². The normalized spacial score (nSPS) is 15.9. The molecule has 2 aromatic rings. The van der Waals surface area contributed by atoms with Gasteiger partial charge in [-0.05, 0) is 31.0 Å². The average Bonchev–Trinajstić information content (AvgIpc) is 2.54. The van der Waals surface area contributed by atoms with Crippen LogP contribution in [0.4, 0.5) is 5.69 Å². The first-order chi connectivity index (χ1) is 11.0. The van der Waals surface area contributed by atoms with E-state index in [-0.39, 0.29) is 16.1 Å². The molecule has 0 spiro atoms. The van der Waals surface area contributed by atoms with Gasteiger partial charge in [0.15, 0.2) is 0 Å². The fourth-order valence-electron chi connectivity index (χ4n) is 2.59. The summed E-state index contributed by atoms with van der Waals surface area (Å²) < 4.78 is 1.16. The summed E-state index contributed by atoms with van der Waals surface area (Å²) in [4.78, 5) is 14.2. The second kappa shape index (κ2) is 6.69. The van der Waals surface area contributed by atoms with E-state index in [0.29, 0.717) is 23.6 Å². The van der Waals surface area contributed by atoms with Crippen molar-refractivity contribution in [2.24, 2.45) is 0 Å². The van der Waals surface area contributed by atoms with Crippen LogP contribution in [0.2, 0.25) is 15.1 Å². The Hall–Kier alpha value is -1.27.